The van der Waals surface area contributed by atoms with Crippen molar-refractivity contribution in [1.29, 1.82) is 0 Å². The maximum atomic E-state index is 5.66. The topological polar surface area (TPSA) is 64.9 Å². The fourth-order valence-corrected chi connectivity index (χ4v) is 2.30. The van der Waals surface area contributed by atoms with E-state index in [1.807, 2.05) is 49.1 Å². The van der Waals surface area contributed by atoms with Gasteiger partial charge in [-0.15, -0.1) is 0 Å². The van der Waals surface area contributed by atoms with Crippen LogP contribution >= 0.6 is 0 Å². The number of rotatable bonds is 7. The highest BCUT2D eigenvalue weighted by atomic mass is 16.5. The summed E-state index contributed by atoms with van der Waals surface area (Å²) in [4.78, 5) is 8.52. The second-order valence-corrected chi connectivity index (χ2v) is 5.76. The van der Waals surface area contributed by atoms with Gasteiger partial charge in [-0.25, -0.2) is 9.97 Å². The predicted molar refractivity (Wildman–Crippen MR) is 92.9 cm³/mol. The maximum Gasteiger partial charge on any atom is 0.257 e. The molecule has 0 aliphatic carbocycles. The molecule has 0 spiro atoms. The SMILES string of the molecule is CC(C)Oc1nccnc1NCc1cnn(Cc2ccccc2)c1. The van der Waals surface area contributed by atoms with E-state index in [1.165, 1.54) is 5.56 Å². The Morgan fingerprint density at radius 1 is 1.08 bits per heavy atom. The summed E-state index contributed by atoms with van der Waals surface area (Å²) in [5.74, 6) is 1.16. The van der Waals surface area contributed by atoms with Crippen LogP contribution in [-0.4, -0.2) is 25.9 Å². The number of nitrogens with zero attached hydrogens (tertiary/aromatic N) is 4. The van der Waals surface area contributed by atoms with Crippen LogP contribution in [-0.2, 0) is 13.1 Å². The Hall–Kier alpha value is -2.89. The predicted octanol–water partition coefficient (Wildman–Crippen LogP) is 3.12. The van der Waals surface area contributed by atoms with E-state index in [0.29, 0.717) is 18.2 Å². The molecule has 0 bridgehead atoms. The summed E-state index contributed by atoms with van der Waals surface area (Å²) in [6.07, 6.45) is 7.21. The van der Waals surface area contributed by atoms with Crippen LogP contribution in [0.25, 0.3) is 0 Å². The summed E-state index contributed by atoms with van der Waals surface area (Å²) in [5, 5.41) is 7.66. The number of hydrogen-bond acceptors (Lipinski definition) is 5. The fraction of sp³-hybridized carbons (Fsp3) is 0.278. The molecule has 6 nitrogen and oxygen atoms in total. The first-order chi connectivity index (χ1) is 11.7. The molecule has 3 aromatic rings. The molecule has 6 heteroatoms. The highest BCUT2D eigenvalue weighted by Crippen LogP contribution is 2.19. The molecule has 1 N–H and O–H groups in total. The molecule has 0 atom stereocenters. The zero-order valence-corrected chi connectivity index (χ0v) is 13.9. The maximum absolute atomic E-state index is 5.66. The lowest BCUT2D eigenvalue weighted by molar-refractivity contribution is 0.233. The van der Waals surface area contributed by atoms with Crippen LogP contribution in [0.2, 0.25) is 0 Å². The fourth-order valence-electron chi connectivity index (χ4n) is 2.30. The van der Waals surface area contributed by atoms with E-state index in [-0.39, 0.29) is 6.10 Å². The smallest absolute Gasteiger partial charge is 0.257 e. The summed E-state index contributed by atoms with van der Waals surface area (Å²) < 4.78 is 7.59. The standard InChI is InChI=1S/C18H21N5O/c1-14(2)24-18-17(19-8-9-20-18)21-10-16-11-22-23(13-16)12-15-6-4-3-5-7-15/h3-9,11,13-14H,10,12H2,1-2H3,(H,19,21). The first-order valence-electron chi connectivity index (χ1n) is 7.97. The highest BCUT2D eigenvalue weighted by Gasteiger charge is 2.08. The van der Waals surface area contributed by atoms with Crippen LogP contribution < -0.4 is 10.1 Å². The molecule has 0 unspecified atom stereocenters. The van der Waals surface area contributed by atoms with Crippen LogP contribution in [0.4, 0.5) is 5.82 Å². The van der Waals surface area contributed by atoms with Gasteiger partial charge in [0, 0.05) is 30.7 Å². The lowest BCUT2D eigenvalue weighted by Gasteiger charge is -2.12. The van der Waals surface area contributed by atoms with E-state index in [2.05, 4.69) is 32.5 Å². The molecule has 0 radical (unpaired) electrons. The molecule has 3 rings (SSSR count). The van der Waals surface area contributed by atoms with Crippen LogP contribution in [0.1, 0.15) is 25.0 Å². The zero-order chi connectivity index (χ0) is 16.8. The zero-order valence-electron chi connectivity index (χ0n) is 13.9. The van der Waals surface area contributed by atoms with Crippen molar-refractivity contribution in [1.82, 2.24) is 19.7 Å². The minimum atomic E-state index is 0.0517. The lowest BCUT2D eigenvalue weighted by atomic mass is 10.2. The van der Waals surface area contributed by atoms with Gasteiger partial charge in [-0.2, -0.15) is 5.10 Å². The van der Waals surface area contributed by atoms with Crippen molar-refractivity contribution in [2.75, 3.05) is 5.32 Å². The van der Waals surface area contributed by atoms with Crippen molar-refractivity contribution in [3.8, 4) is 5.88 Å². The number of aromatic nitrogens is 4. The van der Waals surface area contributed by atoms with Crippen molar-refractivity contribution in [2.45, 2.75) is 33.0 Å². The molecule has 1 aromatic carbocycles. The Balaban J connectivity index is 1.62. The van der Waals surface area contributed by atoms with Crippen LogP contribution in [0.5, 0.6) is 5.88 Å². The molecule has 2 heterocycles. The summed E-state index contributed by atoms with van der Waals surface area (Å²) in [6, 6.07) is 10.3. The van der Waals surface area contributed by atoms with Crippen molar-refractivity contribution < 1.29 is 4.74 Å². The molecule has 124 valence electrons. The van der Waals surface area contributed by atoms with E-state index < -0.39 is 0 Å². The molecular weight excluding hydrogens is 302 g/mol. The first-order valence-corrected chi connectivity index (χ1v) is 7.97. The van der Waals surface area contributed by atoms with Crippen molar-refractivity contribution in [2.24, 2.45) is 0 Å². The van der Waals surface area contributed by atoms with E-state index in [1.54, 1.807) is 12.4 Å². The third kappa shape index (κ3) is 4.32. The molecule has 24 heavy (non-hydrogen) atoms. The minimum absolute atomic E-state index is 0.0517. The van der Waals surface area contributed by atoms with Gasteiger partial charge in [-0.3, -0.25) is 4.68 Å². The average molecular weight is 323 g/mol. The number of nitrogens with one attached hydrogen (secondary N) is 1. The van der Waals surface area contributed by atoms with Gasteiger partial charge in [0.2, 0.25) is 0 Å². The van der Waals surface area contributed by atoms with E-state index >= 15 is 0 Å². The highest BCUT2D eigenvalue weighted by molar-refractivity contribution is 5.45. The molecule has 0 saturated carbocycles. The molecule has 0 aliphatic heterocycles. The Labute approximate surface area is 141 Å². The van der Waals surface area contributed by atoms with Crippen molar-refractivity contribution >= 4 is 5.82 Å². The number of ether oxygens (including phenoxy) is 1. The summed E-state index contributed by atoms with van der Waals surface area (Å²) in [7, 11) is 0. The lowest BCUT2D eigenvalue weighted by Crippen LogP contribution is -2.11. The van der Waals surface area contributed by atoms with Gasteiger partial charge in [0.15, 0.2) is 5.82 Å². The van der Waals surface area contributed by atoms with Crippen molar-refractivity contribution in [3.63, 3.8) is 0 Å². The first kappa shape index (κ1) is 16.0. The third-order valence-corrected chi connectivity index (χ3v) is 3.35. The molecule has 2 aromatic heterocycles. The third-order valence-electron chi connectivity index (χ3n) is 3.35. The van der Waals surface area contributed by atoms with E-state index in [9.17, 15) is 0 Å². The summed E-state index contributed by atoms with van der Waals surface area (Å²) in [5.41, 5.74) is 2.30. The quantitative estimate of drug-likeness (QED) is 0.724. The number of anilines is 1. The largest absolute Gasteiger partial charge is 0.472 e. The van der Waals surface area contributed by atoms with Gasteiger partial charge in [0.1, 0.15) is 0 Å². The van der Waals surface area contributed by atoms with E-state index in [0.717, 1.165) is 12.1 Å². The second-order valence-electron chi connectivity index (χ2n) is 5.76. The van der Waals surface area contributed by atoms with Gasteiger partial charge >= 0.3 is 0 Å². The summed E-state index contributed by atoms with van der Waals surface area (Å²) >= 11 is 0. The summed E-state index contributed by atoms with van der Waals surface area (Å²) in [6.45, 7) is 5.30. The Kier molecular flexibility index (Phi) is 5.05. The van der Waals surface area contributed by atoms with Crippen LogP contribution in [0, 0.1) is 0 Å². The molecular formula is C18H21N5O. The Bertz CT molecular complexity index is 770. The number of benzene rings is 1. The van der Waals surface area contributed by atoms with Gasteiger partial charge < -0.3 is 10.1 Å². The second kappa shape index (κ2) is 7.59. The Morgan fingerprint density at radius 3 is 2.67 bits per heavy atom. The Morgan fingerprint density at radius 2 is 1.88 bits per heavy atom. The molecule has 0 fully saturated rings. The average Bonchev–Trinajstić information content (AvgIpc) is 3.02. The van der Waals surface area contributed by atoms with Crippen molar-refractivity contribution in [3.05, 3.63) is 66.2 Å². The van der Waals surface area contributed by atoms with Crippen LogP contribution in [0.15, 0.2) is 55.1 Å². The van der Waals surface area contributed by atoms with Gasteiger partial charge in [0.25, 0.3) is 5.88 Å². The van der Waals surface area contributed by atoms with Crippen LogP contribution in [0.3, 0.4) is 0 Å². The van der Waals surface area contributed by atoms with Gasteiger partial charge in [0.05, 0.1) is 18.8 Å². The normalized spacial score (nSPS) is 10.8. The van der Waals surface area contributed by atoms with Gasteiger partial charge in [-0.1, -0.05) is 30.3 Å². The van der Waals surface area contributed by atoms with Gasteiger partial charge in [-0.05, 0) is 19.4 Å². The molecule has 0 aliphatic rings. The monoisotopic (exact) mass is 323 g/mol. The minimum Gasteiger partial charge on any atom is -0.472 e. The number of hydrogen-bond donors (Lipinski definition) is 1. The van der Waals surface area contributed by atoms with E-state index in [4.69, 9.17) is 4.74 Å². The molecule has 0 saturated heterocycles. The molecule has 0 amide bonds.